The fourth-order valence-electron chi connectivity index (χ4n) is 1.52. The summed E-state index contributed by atoms with van der Waals surface area (Å²) in [6, 6.07) is 7.86. The van der Waals surface area contributed by atoms with E-state index in [1.807, 2.05) is 31.2 Å². The van der Waals surface area contributed by atoms with Crippen molar-refractivity contribution in [1.82, 2.24) is 10.1 Å². The summed E-state index contributed by atoms with van der Waals surface area (Å²) in [5, 5.41) is 13.1. The molecule has 0 aliphatic carbocycles. The van der Waals surface area contributed by atoms with E-state index in [2.05, 4.69) is 10.1 Å². The van der Waals surface area contributed by atoms with Gasteiger partial charge in [0.15, 0.2) is 0 Å². The molecule has 4 heteroatoms. The summed E-state index contributed by atoms with van der Waals surface area (Å²) in [7, 11) is 0. The molecule has 1 atom stereocenters. The topological polar surface area (TPSA) is 59.2 Å². The summed E-state index contributed by atoms with van der Waals surface area (Å²) in [5.74, 6) is 1.04. The number of aliphatic hydroxyl groups is 1. The average molecular weight is 218 g/mol. The van der Waals surface area contributed by atoms with E-state index >= 15 is 0 Å². The first kappa shape index (κ1) is 10.8. The van der Waals surface area contributed by atoms with Crippen LogP contribution >= 0.6 is 0 Å². The van der Waals surface area contributed by atoms with Crippen LogP contribution in [0.3, 0.4) is 0 Å². The molecule has 1 unspecified atom stereocenters. The second kappa shape index (κ2) is 4.45. The highest BCUT2D eigenvalue weighted by Crippen LogP contribution is 2.19. The second-order valence-corrected chi connectivity index (χ2v) is 3.88. The molecule has 0 saturated carbocycles. The largest absolute Gasteiger partial charge is 0.393 e. The van der Waals surface area contributed by atoms with Gasteiger partial charge in [-0.15, -0.1) is 0 Å². The number of hydrogen-bond acceptors (Lipinski definition) is 4. The molecule has 4 nitrogen and oxygen atoms in total. The Labute approximate surface area is 93.9 Å². The highest BCUT2D eigenvalue weighted by atomic mass is 16.5. The summed E-state index contributed by atoms with van der Waals surface area (Å²) >= 11 is 0. The second-order valence-electron chi connectivity index (χ2n) is 3.88. The summed E-state index contributed by atoms with van der Waals surface area (Å²) < 4.78 is 5.06. The minimum absolute atomic E-state index is 0.388. The Balaban J connectivity index is 2.28. The molecule has 0 fully saturated rings. The van der Waals surface area contributed by atoms with E-state index in [9.17, 15) is 5.11 Å². The maximum Gasteiger partial charge on any atom is 0.229 e. The first-order valence-electron chi connectivity index (χ1n) is 5.23. The van der Waals surface area contributed by atoms with Crippen molar-refractivity contribution in [2.75, 3.05) is 0 Å². The van der Waals surface area contributed by atoms with Crippen molar-refractivity contribution in [2.45, 2.75) is 26.4 Å². The zero-order chi connectivity index (χ0) is 11.5. The molecule has 16 heavy (non-hydrogen) atoms. The summed E-state index contributed by atoms with van der Waals surface area (Å²) in [4.78, 5) is 4.24. The fourth-order valence-corrected chi connectivity index (χ4v) is 1.52. The van der Waals surface area contributed by atoms with E-state index < -0.39 is 6.10 Å². The van der Waals surface area contributed by atoms with E-state index in [1.165, 1.54) is 0 Å². The van der Waals surface area contributed by atoms with Gasteiger partial charge in [-0.3, -0.25) is 0 Å². The molecule has 0 aliphatic heterocycles. The smallest absolute Gasteiger partial charge is 0.229 e. The first-order valence-corrected chi connectivity index (χ1v) is 5.23. The molecule has 0 radical (unpaired) electrons. The molecule has 0 saturated heterocycles. The molecule has 0 bridgehead atoms. The van der Waals surface area contributed by atoms with Crippen molar-refractivity contribution in [3.63, 3.8) is 0 Å². The van der Waals surface area contributed by atoms with Gasteiger partial charge < -0.3 is 9.63 Å². The van der Waals surface area contributed by atoms with E-state index in [1.54, 1.807) is 6.92 Å². The van der Waals surface area contributed by atoms with Crippen LogP contribution in [0.2, 0.25) is 0 Å². The number of aliphatic hydroxyl groups excluding tert-OH is 1. The molecule has 1 heterocycles. The fraction of sp³-hybridized carbons (Fsp3) is 0.333. The molecular formula is C12H14N2O2. The van der Waals surface area contributed by atoms with Crippen LogP contribution in [0.15, 0.2) is 28.8 Å². The van der Waals surface area contributed by atoms with Crippen LogP contribution in [-0.2, 0) is 6.42 Å². The molecule has 1 N–H and O–H groups in total. The predicted octanol–water partition coefficient (Wildman–Crippen LogP) is 1.97. The molecule has 2 rings (SSSR count). The molecule has 0 aliphatic rings. The Morgan fingerprint density at radius 3 is 2.81 bits per heavy atom. The molecular weight excluding hydrogens is 204 g/mol. The maximum atomic E-state index is 9.21. The van der Waals surface area contributed by atoms with E-state index in [0.717, 1.165) is 11.1 Å². The van der Waals surface area contributed by atoms with Gasteiger partial charge in [0.2, 0.25) is 11.7 Å². The average Bonchev–Trinajstić information content (AvgIpc) is 2.66. The highest BCUT2D eigenvalue weighted by Gasteiger charge is 2.11. The highest BCUT2D eigenvalue weighted by molar-refractivity contribution is 5.58. The van der Waals surface area contributed by atoms with Crippen LogP contribution < -0.4 is 0 Å². The van der Waals surface area contributed by atoms with Gasteiger partial charge in [-0.2, -0.15) is 4.98 Å². The number of aromatic nitrogens is 2. The summed E-state index contributed by atoms with van der Waals surface area (Å²) in [6.07, 6.45) is -0.0797. The van der Waals surface area contributed by atoms with Gasteiger partial charge in [0.1, 0.15) is 0 Å². The number of aryl methyl sites for hydroxylation is 1. The minimum atomic E-state index is -0.467. The van der Waals surface area contributed by atoms with Crippen LogP contribution in [0.25, 0.3) is 11.4 Å². The third-order valence-corrected chi connectivity index (χ3v) is 2.32. The summed E-state index contributed by atoms with van der Waals surface area (Å²) in [5.41, 5.74) is 2.06. The SMILES string of the molecule is Cc1ccccc1-c1noc(CC(C)O)n1. The monoisotopic (exact) mass is 218 g/mol. The molecule has 0 amide bonds. The quantitative estimate of drug-likeness (QED) is 0.855. The number of rotatable bonds is 3. The van der Waals surface area contributed by atoms with Gasteiger partial charge in [-0.05, 0) is 19.4 Å². The van der Waals surface area contributed by atoms with Crippen molar-refractivity contribution >= 4 is 0 Å². The molecule has 1 aromatic carbocycles. The van der Waals surface area contributed by atoms with Crippen LogP contribution in [0, 0.1) is 6.92 Å². The van der Waals surface area contributed by atoms with Gasteiger partial charge in [0, 0.05) is 5.56 Å². The maximum absolute atomic E-state index is 9.21. The lowest BCUT2D eigenvalue weighted by Gasteiger charge is -1.98. The molecule has 84 valence electrons. The van der Waals surface area contributed by atoms with Gasteiger partial charge in [0.25, 0.3) is 0 Å². The Morgan fingerprint density at radius 1 is 1.38 bits per heavy atom. The van der Waals surface area contributed by atoms with Crippen LogP contribution in [0.1, 0.15) is 18.4 Å². The zero-order valence-corrected chi connectivity index (χ0v) is 9.34. The van der Waals surface area contributed by atoms with E-state index in [0.29, 0.717) is 18.1 Å². The van der Waals surface area contributed by atoms with Crippen molar-refractivity contribution in [1.29, 1.82) is 0 Å². The first-order chi connectivity index (χ1) is 7.66. The normalized spacial score (nSPS) is 12.7. The van der Waals surface area contributed by atoms with Crippen LogP contribution in [0.4, 0.5) is 0 Å². The van der Waals surface area contributed by atoms with E-state index in [4.69, 9.17) is 4.52 Å². The van der Waals surface area contributed by atoms with Gasteiger partial charge in [-0.25, -0.2) is 0 Å². The Bertz CT molecular complexity index is 477. The standard InChI is InChI=1S/C12H14N2O2/c1-8-5-3-4-6-10(8)12-13-11(16-14-12)7-9(2)15/h3-6,9,15H,7H2,1-2H3. The van der Waals surface area contributed by atoms with Crippen LogP contribution in [-0.4, -0.2) is 21.4 Å². The van der Waals surface area contributed by atoms with Gasteiger partial charge in [0.05, 0.1) is 12.5 Å². The van der Waals surface area contributed by atoms with Gasteiger partial charge in [-0.1, -0.05) is 29.4 Å². The third kappa shape index (κ3) is 2.28. The Morgan fingerprint density at radius 2 is 2.12 bits per heavy atom. The van der Waals surface area contributed by atoms with Crippen molar-refractivity contribution in [3.8, 4) is 11.4 Å². The lowest BCUT2D eigenvalue weighted by Crippen LogP contribution is -2.04. The van der Waals surface area contributed by atoms with Crippen molar-refractivity contribution in [3.05, 3.63) is 35.7 Å². The number of benzene rings is 1. The lowest BCUT2D eigenvalue weighted by molar-refractivity contribution is 0.181. The van der Waals surface area contributed by atoms with E-state index in [-0.39, 0.29) is 0 Å². The van der Waals surface area contributed by atoms with Crippen molar-refractivity contribution in [2.24, 2.45) is 0 Å². The Hall–Kier alpha value is -1.68. The molecule has 1 aromatic heterocycles. The molecule has 2 aromatic rings. The predicted molar refractivity (Wildman–Crippen MR) is 59.9 cm³/mol. The third-order valence-electron chi connectivity index (χ3n) is 2.32. The minimum Gasteiger partial charge on any atom is -0.393 e. The van der Waals surface area contributed by atoms with Crippen LogP contribution in [0.5, 0.6) is 0 Å². The zero-order valence-electron chi connectivity index (χ0n) is 9.34. The number of hydrogen-bond donors (Lipinski definition) is 1. The number of nitrogens with zero attached hydrogens (tertiary/aromatic N) is 2. The Kier molecular flexibility index (Phi) is 3.01. The van der Waals surface area contributed by atoms with Gasteiger partial charge >= 0.3 is 0 Å². The summed E-state index contributed by atoms with van der Waals surface area (Å²) in [6.45, 7) is 3.69. The molecule has 0 spiro atoms. The van der Waals surface area contributed by atoms with Crippen molar-refractivity contribution < 1.29 is 9.63 Å². The lowest BCUT2D eigenvalue weighted by atomic mass is 10.1.